The van der Waals surface area contributed by atoms with E-state index in [2.05, 4.69) is 43.0 Å². The number of aryl methyl sites for hydroxylation is 2. The van der Waals surface area contributed by atoms with Gasteiger partial charge in [0, 0.05) is 43.5 Å². The molecule has 1 saturated carbocycles. The maximum Gasteiger partial charge on any atom is 0.224 e. The highest BCUT2D eigenvalue weighted by Crippen LogP contribution is 2.47. The first-order valence-corrected chi connectivity index (χ1v) is 9.04. The summed E-state index contributed by atoms with van der Waals surface area (Å²) < 4.78 is 2.12. The van der Waals surface area contributed by atoms with E-state index in [9.17, 15) is 5.11 Å². The second kappa shape index (κ2) is 6.29. The summed E-state index contributed by atoms with van der Waals surface area (Å²) in [4.78, 5) is 11.1. The summed E-state index contributed by atoms with van der Waals surface area (Å²) >= 11 is 0. The van der Waals surface area contributed by atoms with Crippen molar-refractivity contribution >= 4 is 11.8 Å². The van der Waals surface area contributed by atoms with Crippen LogP contribution >= 0.6 is 0 Å². The molecule has 2 aromatic rings. The first kappa shape index (κ1) is 16.3. The lowest BCUT2D eigenvalue weighted by Gasteiger charge is -2.19. The number of aliphatic hydroxyl groups excluding tert-OH is 1. The van der Waals surface area contributed by atoms with Gasteiger partial charge in [-0.05, 0) is 45.2 Å². The second-order valence-electron chi connectivity index (χ2n) is 7.57. The number of β-amino-alcohol motifs (C(OH)–C–C–N with tert-alkyl or cyclic N) is 1. The molecule has 0 bridgehead atoms. The molecule has 7 heteroatoms. The van der Waals surface area contributed by atoms with Crippen molar-refractivity contribution < 1.29 is 5.11 Å². The van der Waals surface area contributed by atoms with E-state index in [0.29, 0.717) is 12.5 Å². The molecule has 2 N–H and O–H groups in total. The molecule has 134 valence electrons. The molecule has 1 saturated heterocycles. The lowest BCUT2D eigenvalue weighted by molar-refractivity contribution is 0.198. The Morgan fingerprint density at radius 3 is 2.84 bits per heavy atom. The zero-order valence-corrected chi connectivity index (χ0v) is 14.9. The maximum atomic E-state index is 9.70. The van der Waals surface area contributed by atoms with E-state index in [4.69, 9.17) is 0 Å². The van der Waals surface area contributed by atoms with Gasteiger partial charge in [0.1, 0.15) is 5.82 Å². The van der Waals surface area contributed by atoms with Crippen molar-refractivity contribution in [2.75, 3.05) is 29.9 Å². The van der Waals surface area contributed by atoms with E-state index in [1.807, 2.05) is 13.0 Å². The number of anilines is 2. The largest absolute Gasteiger partial charge is 0.391 e. The quantitative estimate of drug-likeness (QED) is 0.833. The van der Waals surface area contributed by atoms with Crippen molar-refractivity contribution in [3.05, 3.63) is 29.7 Å². The fraction of sp³-hybridized carbons (Fsp3) is 0.611. The molecule has 0 aromatic carbocycles. The summed E-state index contributed by atoms with van der Waals surface area (Å²) in [6, 6.07) is 4.03. The van der Waals surface area contributed by atoms with Crippen LogP contribution in [0.25, 0.3) is 0 Å². The van der Waals surface area contributed by atoms with Crippen LogP contribution in [0.3, 0.4) is 0 Å². The van der Waals surface area contributed by atoms with Crippen LogP contribution in [0, 0.1) is 19.3 Å². The van der Waals surface area contributed by atoms with Crippen LogP contribution in [-0.4, -0.2) is 50.6 Å². The summed E-state index contributed by atoms with van der Waals surface area (Å²) in [7, 11) is 0. The topological polar surface area (TPSA) is 79.1 Å². The van der Waals surface area contributed by atoms with Crippen molar-refractivity contribution in [2.45, 2.75) is 45.8 Å². The van der Waals surface area contributed by atoms with Gasteiger partial charge in [-0.3, -0.25) is 4.68 Å². The molecule has 1 atom stereocenters. The molecule has 1 aliphatic carbocycles. The fourth-order valence-electron chi connectivity index (χ4n) is 3.55. The van der Waals surface area contributed by atoms with Gasteiger partial charge in [0.2, 0.25) is 5.95 Å². The summed E-state index contributed by atoms with van der Waals surface area (Å²) in [6.07, 6.45) is 4.75. The van der Waals surface area contributed by atoms with Gasteiger partial charge >= 0.3 is 0 Å². The number of nitrogens with one attached hydrogen (secondary N) is 1. The first-order valence-electron chi connectivity index (χ1n) is 9.04. The smallest absolute Gasteiger partial charge is 0.224 e. The molecule has 2 aromatic heterocycles. The third-order valence-electron chi connectivity index (χ3n) is 5.30. The van der Waals surface area contributed by atoms with Gasteiger partial charge in [-0.25, -0.2) is 4.98 Å². The van der Waals surface area contributed by atoms with Crippen LogP contribution in [-0.2, 0) is 6.54 Å². The van der Waals surface area contributed by atoms with Crippen LogP contribution in [0.15, 0.2) is 18.3 Å². The molecular weight excluding hydrogens is 316 g/mol. The fourth-order valence-corrected chi connectivity index (χ4v) is 3.55. The van der Waals surface area contributed by atoms with Crippen LogP contribution in [0.1, 0.15) is 30.7 Å². The average Bonchev–Trinajstić information content (AvgIpc) is 3.09. The Kier molecular flexibility index (Phi) is 4.11. The van der Waals surface area contributed by atoms with E-state index >= 15 is 0 Å². The Morgan fingerprint density at radius 1 is 1.36 bits per heavy atom. The molecule has 25 heavy (non-hydrogen) atoms. The SMILES string of the molecule is Cc1cc(C)n(CC2(CNc3nccc(N4CC[C@@H](O)C4)n3)CC2)n1. The highest BCUT2D eigenvalue weighted by atomic mass is 16.3. The van der Waals surface area contributed by atoms with Gasteiger partial charge in [-0.15, -0.1) is 0 Å². The first-order chi connectivity index (χ1) is 12.0. The summed E-state index contributed by atoms with van der Waals surface area (Å²) in [6.45, 7) is 7.45. The standard InChI is InChI=1S/C18H26N6O/c1-13-9-14(2)24(22-13)12-18(5-6-18)11-20-17-19-7-3-16(21-17)23-8-4-15(25)10-23/h3,7,9,15,25H,4-6,8,10-12H2,1-2H3,(H,19,20,21)/t15-/m1/s1. The minimum absolute atomic E-state index is 0.248. The Morgan fingerprint density at radius 2 is 2.20 bits per heavy atom. The minimum Gasteiger partial charge on any atom is -0.391 e. The number of rotatable bonds is 6. The van der Waals surface area contributed by atoms with Gasteiger partial charge in [-0.2, -0.15) is 10.1 Å². The third-order valence-corrected chi connectivity index (χ3v) is 5.30. The highest BCUT2D eigenvalue weighted by Gasteiger charge is 2.43. The summed E-state index contributed by atoms with van der Waals surface area (Å²) in [5.74, 6) is 1.55. The molecule has 0 spiro atoms. The number of aliphatic hydroxyl groups is 1. The number of hydrogen-bond donors (Lipinski definition) is 2. The number of hydrogen-bond acceptors (Lipinski definition) is 6. The molecule has 1 aliphatic heterocycles. The monoisotopic (exact) mass is 342 g/mol. The highest BCUT2D eigenvalue weighted by molar-refractivity contribution is 5.43. The van der Waals surface area contributed by atoms with E-state index < -0.39 is 0 Å². The normalized spacial score (nSPS) is 21.6. The lowest BCUT2D eigenvalue weighted by Crippen LogP contribution is -2.25. The van der Waals surface area contributed by atoms with Gasteiger partial charge in [0.05, 0.1) is 11.8 Å². The zero-order chi connectivity index (χ0) is 17.4. The second-order valence-corrected chi connectivity index (χ2v) is 7.57. The van der Waals surface area contributed by atoms with E-state index in [0.717, 1.165) is 37.6 Å². The third kappa shape index (κ3) is 3.61. The van der Waals surface area contributed by atoms with Gasteiger partial charge in [0.15, 0.2) is 0 Å². The molecule has 0 radical (unpaired) electrons. The van der Waals surface area contributed by atoms with E-state index in [1.54, 1.807) is 6.20 Å². The number of nitrogens with zero attached hydrogens (tertiary/aromatic N) is 5. The molecule has 2 fully saturated rings. The molecule has 2 aliphatic rings. The predicted molar refractivity (Wildman–Crippen MR) is 96.7 cm³/mol. The van der Waals surface area contributed by atoms with Crippen LogP contribution in [0.5, 0.6) is 0 Å². The van der Waals surface area contributed by atoms with Gasteiger partial charge < -0.3 is 15.3 Å². The molecular formula is C18H26N6O. The molecule has 7 nitrogen and oxygen atoms in total. The zero-order valence-electron chi connectivity index (χ0n) is 14.9. The predicted octanol–water partition coefficient (Wildman–Crippen LogP) is 1.75. The van der Waals surface area contributed by atoms with E-state index in [1.165, 1.54) is 18.5 Å². The maximum absolute atomic E-state index is 9.70. The Bertz CT molecular complexity index is 754. The van der Waals surface area contributed by atoms with Crippen molar-refractivity contribution in [1.82, 2.24) is 19.7 Å². The van der Waals surface area contributed by atoms with Crippen molar-refractivity contribution in [3.8, 4) is 0 Å². The van der Waals surface area contributed by atoms with Crippen LogP contribution in [0.2, 0.25) is 0 Å². The molecule has 0 unspecified atom stereocenters. The van der Waals surface area contributed by atoms with Crippen molar-refractivity contribution in [3.63, 3.8) is 0 Å². The van der Waals surface area contributed by atoms with E-state index in [-0.39, 0.29) is 11.5 Å². The number of aromatic nitrogens is 4. The minimum atomic E-state index is -0.248. The Labute approximate surface area is 148 Å². The van der Waals surface area contributed by atoms with Crippen molar-refractivity contribution in [1.29, 1.82) is 0 Å². The van der Waals surface area contributed by atoms with Crippen LogP contribution in [0.4, 0.5) is 11.8 Å². The summed E-state index contributed by atoms with van der Waals surface area (Å²) in [5.41, 5.74) is 2.55. The van der Waals surface area contributed by atoms with Crippen molar-refractivity contribution in [2.24, 2.45) is 5.41 Å². The molecule has 4 rings (SSSR count). The molecule has 0 amide bonds. The Balaban J connectivity index is 1.39. The average molecular weight is 342 g/mol. The van der Waals surface area contributed by atoms with Gasteiger partial charge in [-0.1, -0.05) is 0 Å². The van der Waals surface area contributed by atoms with Crippen LogP contribution < -0.4 is 10.2 Å². The summed E-state index contributed by atoms with van der Waals surface area (Å²) in [5, 5.41) is 17.7. The Hall–Kier alpha value is -2.15. The van der Waals surface area contributed by atoms with Gasteiger partial charge in [0.25, 0.3) is 0 Å². The molecule has 3 heterocycles. The lowest BCUT2D eigenvalue weighted by atomic mass is 10.1.